The molecule has 0 aromatic carbocycles. The summed E-state index contributed by atoms with van der Waals surface area (Å²) < 4.78 is 1.31. The Labute approximate surface area is 126 Å². The summed E-state index contributed by atoms with van der Waals surface area (Å²) in [4.78, 5) is 40.2. The molecule has 4 N–H and O–H groups in total. The molecular formula is C14H20N4O4. The van der Waals surface area contributed by atoms with Gasteiger partial charge in [-0.25, -0.2) is 4.79 Å². The average Bonchev–Trinajstić information content (AvgIpc) is 3.22. The van der Waals surface area contributed by atoms with E-state index in [4.69, 9.17) is 5.73 Å². The summed E-state index contributed by atoms with van der Waals surface area (Å²) in [5.74, 6) is -0.457. The third kappa shape index (κ3) is 2.84. The maximum absolute atomic E-state index is 12.4. The largest absolute Gasteiger partial charge is 0.392 e. The molecule has 1 aromatic heterocycles. The Morgan fingerprint density at radius 1 is 1.32 bits per heavy atom. The molecular weight excluding hydrogens is 288 g/mol. The number of anilines is 1. The van der Waals surface area contributed by atoms with Crippen LogP contribution in [0.1, 0.15) is 42.1 Å². The number of nitrogens with zero attached hydrogens (tertiary/aromatic N) is 2. The fraction of sp³-hybridized carbons (Fsp3) is 0.643. The molecule has 1 aliphatic carbocycles. The summed E-state index contributed by atoms with van der Waals surface area (Å²) >= 11 is 0. The summed E-state index contributed by atoms with van der Waals surface area (Å²) in [6.07, 6.45) is 2.73. The standard InChI is InChI=1S/C14H20N4O4/c15-12-11(10(20)7-17-5-1-2-9(19)6-17)13(21)16-14(22)18(12)8-3-4-8/h8-9,19H,1-7,15H2,(H,16,21,22). The van der Waals surface area contributed by atoms with Crippen LogP contribution in [0.3, 0.4) is 0 Å². The molecule has 0 spiro atoms. The van der Waals surface area contributed by atoms with E-state index in [1.54, 1.807) is 0 Å². The summed E-state index contributed by atoms with van der Waals surface area (Å²) in [7, 11) is 0. The topological polar surface area (TPSA) is 121 Å². The van der Waals surface area contributed by atoms with Crippen molar-refractivity contribution in [2.24, 2.45) is 0 Å². The lowest BCUT2D eigenvalue weighted by Crippen LogP contribution is -2.43. The second kappa shape index (κ2) is 5.69. The normalized spacial score (nSPS) is 22.7. The molecule has 8 heteroatoms. The van der Waals surface area contributed by atoms with Gasteiger partial charge in [0, 0.05) is 12.6 Å². The zero-order valence-corrected chi connectivity index (χ0v) is 12.2. The molecule has 1 saturated carbocycles. The van der Waals surface area contributed by atoms with Gasteiger partial charge in [-0.2, -0.15) is 0 Å². The van der Waals surface area contributed by atoms with Gasteiger partial charge in [-0.15, -0.1) is 0 Å². The number of likely N-dealkylation sites (tertiary alicyclic amines) is 1. The van der Waals surface area contributed by atoms with Crippen LogP contribution in [0.25, 0.3) is 0 Å². The Morgan fingerprint density at radius 3 is 2.68 bits per heavy atom. The summed E-state index contributed by atoms with van der Waals surface area (Å²) in [6.45, 7) is 1.13. The van der Waals surface area contributed by atoms with Gasteiger partial charge in [0.25, 0.3) is 5.56 Å². The molecule has 1 aliphatic heterocycles. The van der Waals surface area contributed by atoms with Crippen LogP contribution in [0.4, 0.5) is 5.82 Å². The molecule has 1 unspecified atom stereocenters. The first-order valence-electron chi connectivity index (χ1n) is 7.55. The Bertz CT molecular complexity index is 704. The van der Waals surface area contributed by atoms with Crippen molar-refractivity contribution < 1.29 is 9.90 Å². The van der Waals surface area contributed by atoms with Crippen molar-refractivity contribution in [1.82, 2.24) is 14.5 Å². The van der Waals surface area contributed by atoms with Gasteiger partial charge in [-0.05, 0) is 32.2 Å². The maximum atomic E-state index is 12.4. The molecule has 0 radical (unpaired) electrons. The monoisotopic (exact) mass is 308 g/mol. The van der Waals surface area contributed by atoms with E-state index in [0.717, 1.165) is 25.7 Å². The smallest absolute Gasteiger partial charge is 0.330 e. The highest BCUT2D eigenvalue weighted by Gasteiger charge is 2.30. The first-order valence-corrected chi connectivity index (χ1v) is 7.55. The molecule has 22 heavy (non-hydrogen) atoms. The molecule has 2 aliphatic rings. The fourth-order valence-corrected chi connectivity index (χ4v) is 2.99. The van der Waals surface area contributed by atoms with E-state index in [2.05, 4.69) is 4.98 Å². The van der Waals surface area contributed by atoms with Crippen molar-refractivity contribution in [3.8, 4) is 0 Å². The first-order chi connectivity index (χ1) is 10.5. The highest BCUT2D eigenvalue weighted by Crippen LogP contribution is 2.35. The average molecular weight is 308 g/mol. The predicted molar refractivity (Wildman–Crippen MR) is 80.0 cm³/mol. The Hall–Kier alpha value is -1.93. The molecule has 1 saturated heterocycles. The number of piperidine rings is 1. The SMILES string of the molecule is Nc1c(C(=O)CN2CCCC(O)C2)c(=O)[nH]c(=O)n1C1CC1. The van der Waals surface area contributed by atoms with E-state index in [1.165, 1.54) is 4.57 Å². The maximum Gasteiger partial charge on any atom is 0.330 e. The number of aliphatic hydroxyl groups is 1. The van der Waals surface area contributed by atoms with E-state index in [0.29, 0.717) is 13.1 Å². The number of carbonyl (C=O) groups is 1. The van der Waals surface area contributed by atoms with Crippen LogP contribution < -0.4 is 17.0 Å². The number of H-pyrrole nitrogens is 1. The highest BCUT2D eigenvalue weighted by molar-refractivity contribution is 6.01. The van der Waals surface area contributed by atoms with Crippen LogP contribution in [0, 0.1) is 0 Å². The van der Waals surface area contributed by atoms with Crippen LogP contribution in [-0.4, -0.2) is 51.1 Å². The minimum Gasteiger partial charge on any atom is -0.392 e. The van der Waals surface area contributed by atoms with E-state index < -0.39 is 23.1 Å². The molecule has 2 fully saturated rings. The number of Topliss-reactive ketones (excluding diaryl/α,β-unsaturated/α-hetero) is 1. The van der Waals surface area contributed by atoms with E-state index in [-0.39, 0.29) is 24.0 Å². The van der Waals surface area contributed by atoms with Crippen LogP contribution >= 0.6 is 0 Å². The zero-order chi connectivity index (χ0) is 15.9. The lowest BCUT2D eigenvalue weighted by atomic mass is 10.1. The fourth-order valence-electron chi connectivity index (χ4n) is 2.99. The van der Waals surface area contributed by atoms with Gasteiger partial charge in [0.1, 0.15) is 11.4 Å². The zero-order valence-electron chi connectivity index (χ0n) is 12.2. The third-order valence-corrected chi connectivity index (χ3v) is 4.22. The molecule has 1 aromatic rings. The van der Waals surface area contributed by atoms with Crippen LogP contribution in [0.5, 0.6) is 0 Å². The summed E-state index contributed by atoms with van der Waals surface area (Å²) in [6, 6.07) is -0.0206. The van der Waals surface area contributed by atoms with Crippen LogP contribution in [0.15, 0.2) is 9.59 Å². The highest BCUT2D eigenvalue weighted by atomic mass is 16.3. The van der Waals surface area contributed by atoms with Gasteiger partial charge in [-0.3, -0.25) is 24.0 Å². The second-order valence-electron chi connectivity index (χ2n) is 6.08. The van der Waals surface area contributed by atoms with Crippen LogP contribution in [-0.2, 0) is 0 Å². The van der Waals surface area contributed by atoms with E-state index >= 15 is 0 Å². The summed E-state index contributed by atoms with van der Waals surface area (Å²) in [5.41, 5.74) is 4.47. The molecule has 1 atom stereocenters. The Balaban J connectivity index is 1.87. The van der Waals surface area contributed by atoms with Crippen molar-refractivity contribution in [3.63, 3.8) is 0 Å². The number of rotatable bonds is 4. The number of aromatic amines is 1. The molecule has 8 nitrogen and oxygen atoms in total. The van der Waals surface area contributed by atoms with Gasteiger partial charge in [-0.1, -0.05) is 0 Å². The minimum absolute atomic E-state index is 0.0206. The number of ketones is 1. The lowest BCUT2D eigenvalue weighted by Gasteiger charge is -2.29. The lowest BCUT2D eigenvalue weighted by molar-refractivity contribution is 0.0633. The van der Waals surface area contributed by atoms with Crippen molar-refractivity contribution >= 4 is 11.6 Å². The van der Waals surface area contributed by atoms with Gasteiger partial charge < -0.3 is 10.8 Å². The number of aromatic nitrogens is 2. The second-order valence-corrected chi connectivity index (χ2v) is 6.08. The molecule has 0 amide bonds. The number of carbonyl (C=O) groups excluding carboxylic acids is 1. The van der Waals surface area contributed by atoms with Crippen LogP contribution in [0.2, 0.25) is 0 Å². The molecule has 120 valence electrons. The Morgan fingerprint density at radius 2 is 2.05 bits per heavy atom. The molecule has 3 rings (SSSR count). The van der Waals surface area contributed by atoms with Gasteiger partial charge >= 0.3 is 5.69 Å². The van der Waals surface area contributed by atoms with Gasteiger partial charge in [0.15, 0.2) is 5.78 Å². The van der Waals surface area contributed by atoms with E-state index in [9.17, 15) is 19.5 Å². The quantitative estimate of drug-likeness (QED) is 0.619. The van der Waals surface area contributed by atoms with Crippen molar-refractivity contribution in [2.75, 3.05) is 25.4 Å². The predicted octanol–water partition coefficient (Wildman–Crippen LogP) is -0.907. The number of nitrogens with one attached hydrogen (secondary N) is 1. The number of aliphatic hydroxyl groups excluding tert-OH is 1. The van der Waals surface area contributed by atoms with Crippen molar-refractivity contribution in [1.29, 1.82) is 0 Å². The van der Waals surface area contributed by atoms with Gasteiger partial charge in [0.05, 0.1) is 12.6 Å². The van der Waals surface area contributed by atoms with Gasteiger partial charge in [0.2, 0.25) is 0 Å². The molecule has 0 bridgehead atoms. The minimum atomic E-state index is -0.734. The third-order valence-electron chi connectivity index (χ3n) is 4.22. The number of nitrogen functional groups attached to an aromatic ring is 1. The first kappa shape index (κ1) is 15.0. The summed E-state index contributed by atoms with van der Waals surface area (Å²) in [5, 5.41) is 9.64. The van der Waals surface area contributed by atoms with Crippen molar-refractivity contribution in [3.05, 3.63) is 26.4 Å². The number of β-amino-alcohol motifs (C(OH)–C–C–N with tert-alkyl or cyclic N) is 1. The number of nitrogens with two attached hydrogens (primary N) is 1. The number of hydrogen-bond donors (Lipinski definition) is 3. The van der Waals surface area contributed by atoms with E-state index in [1.807, 2.05) is 4.90 Å². The molecule has 2 heterocycles. The van der Waals surface area contributed by atoms with Crippen molar-refractivity contribution in [2.45, 2.75) is 37.8 Å². The number of hydrogen-bond acceptors (Lipinski definition) is 6. The Kier molecular flexibility index (Phi) is 3.88.